The van der Waals surface area contributed by atoms with Crippen molar-refractivity contribution < 1.29 is 9.47 Å². The minimum absolute atomic E-state index is 0.623. The second-order valence-electron chi connectivity index (χ2n) is 4.73. The number of anilines is 1. The van der Waals surface area contributed by atoms with Gasteiger partial charge in [-0.2, -0.15) is 0 Å². The lowest BCUT2D eigenvalue weighted by Gasteiger charge is -2.13. The molecule has 0 fully saturated rings. The Morgan fingerprint density at radius 1 is 1.10 bits per heavy atom. The van der Waals surface area contributed by atoms with Gasteiger partial charge in [0.05, 0.1) is 13.7 Å². The van der Waals surface area contributed by atoms with Gasteiger partial charge in [0.2, 0.25) is 0 Å². The Bertz CT molecular complexity index is 614. The highest BCUT2D eigenvalue weighted by Crippen LogP contribution is 2.28. The number of aryl methyl sites for hydroxylation is 1. The van der Waals surface area contributed by atoms with Gasteiger partial charge in [0.25, 0.3) is 0 Å². The number of rotatable bonds is 6. The van der Waals surface area contributed by atoms with Crippen LogP contribution in [0.15, 0.2) is 40.9 Å². The van der Waals surface area contributed by atoms with Gasteiger partial charge in [0, 0.05) is 16.7 Å². The van der Waals surface area contributed by atoms with Crippen LogP contribution in [0.4, 0.5) is 5.69 Å². The molecule has 0 spiro atoms. The second kappa shape index (κ2) is 7.36. The molecule has 0 saturated carbocycles. The molecule has 112 valence electrons. The molecule has 0 aliphatic carbocycles. The fourth-order valence-corrected chi connectivity index (χ4v) is 2.44. The zero-order chi connectivity index (χ0) is 15.2. The van der Waals surface area contributed by atoms with Crippen LogP contribution in [-0.2, 0) is 6.54 Å². The molecule has 2 aromatic carbocycles. The molecule has 1 N–H and O–H groups in total. The summed E-state index contributed by atoms with van der Waals surface area (Å²) >= 11 is 3.50. The first-order valence-corrected chi connectivity index (χ1v) is 7.73. The number of ether oxygens (including phenoxy) is 2. The summed E-state index contributed by atoms with van der Waals surface area (Å²) in [5.41, 5.74) is 3.49. The maximum absolute atomic E-state index is 5.60. The molecule has 0 aliphatic rings. The van der Waals surface area contributed by atoms with E-state index in [1.165, 1.54) is 5.56 Å². The Balaban J connectivity index is 2.12. The van der Waals surface area contributed by atoms with Crippen LogP contribution in [0.3, 0.4) is 0 Å². The summed E-state index contributed by atoms with van der Waals surface area (Å²) in [5, 5.41) is 3.45. The van der Waals surface area contributed by atoms with Crippen molar-refractivity contribution in [2.24, 2.45) is 0 Å². The Kier molecular flexibility index (Phi) is 5.51. The van der Waals surface area contributed by atoms with Crippen molar-refractivity contribution in [2.75, 3.05) is 19.0 Å². The van der Waals surface area contributed by atoms with Crippen LogP contribution in [0.1, 0.15) is 18.1 Å². The molecule has 0 unspecified atom stereocenters. The Morgan fingerprint density at radius 2 is 1.90 bits per heavy atom. The van der Waals surface area contributed by atoms with E-state index in [9.17, 15) is 0 Å². The third-order valence-corrected chi connectivity index (χ3v) is 3.70. The summed E-state index contributed by atoms with van der Waals surface area (Å²) in [7, 11) is 1.65. The summed E-state index contributed by atoms with van der Waals surface area (Å²) in [6.07, 6.45) is 0. The van der Waals surface area contributed by atoms with Gasteiger partial charge in [0.1, 0.15) is 0 Å². The number of hydrogen-bond acceptors (Lipinski definition) is 3. The normalized spacial score (nSPS) is 10.3. The highest BCUT2D eigenvalue weighted by atomic mass is 79.9. The first-order chi connectivity index (χ1) is 10.1. The number of methoxy groups -OCH3 is 1. The zero-order valence-electron chi connectivity index (χ0n) is 12.6. The predicted molar refractivity (Wildman–Crippen MR) is 90.4 cm³/mol. The van der Waals surface area contributed by atoms with Crippen molar-refractivity contribution >= 4 is 21.6 Å². The van der Waals surface area contributed by atoms with Gasteiger partial charge < -0.3 is 14.8 Å². The standard InChI is InChI=1S/C17H20BrNO2/c1-4-21-17-9-13(6-8-16(17)20-3)11-19-15-10-14(18)7-5-12(15)2/h5-10,19H,4,11H2,1-3H3. The Labute approximate surface area is 134 Å². The van der Waals surface area contributed by atoms with Crippen LogP contribution in [0.25, 0.3) is 0 Å². The van der Waals surface area contributed by atoms with Gasteiger partial charge in [-0.3, -0.25) is 0 Å². The molecule has 0 aromatic heterocycles. The lowest BCUT2D eigenvalue weighted by molar-refractivity contribution is 0.310. The Morgan fingerprint density at radius 3 is 2.62 bits per heavy atom. The molecular formula is C17H20BrNO2. The van der Waals surface area contributed by atoms with Gasteiger partial charge in [-0.05, 0) is 49.2 Å². The third-order valence-electron chi connectivity index (χ3n) is 3.21. The number of benzene rings is 2. The SMILES string of the molecule is CCOc1cc(CNc2cc(Br)ccc2C)ccc1OC. The van der Waals surface area contributed by atoms with Gasteiger partial charge in [0.15, 0.2) is 11.5 Å². The molecule has 0 atom stereocenters. The molecule has 2 rings (SSSR count). The summed E-state index contributed by atoms with van der Waals surface area (Å²) in [6, 6.07) is 12.2. The quantitative estimate of drug-likeness (QED) is 0.814. The molecule has 0 bridgehead atoms. The predicted octanol–water partition coefficient (Wildman–Crippen LogP) is 4.78. The van der Waals surface area contributed by atoms with Crippen LogP contribution in [-0.4, -0.2) is 13.7 Å². The van der Waals surface area contributed by atoms with Gasteiger partial charge in [-0.1, -0.05) is 28.1 Å². The molecule has 3 nitrogen and oxygen atoms in total. The van der Waals surface area contributed by atoms with Crippen molar-refractivity contribution in [3.05, 3.63) is 52.0 Å². The molecule has 0 amide bonds. The van der Waals surface area contributed by atoms with Gasteiger partial charge in [-0.25, -0.2) is 0 Å². The summed E-state index contributed by atoms with van der Waals surface area (Å²) in [5.74, 6) is 1.55. The van der Waals surface area contributed by atoms with Crippen LogP contribution in [0, 0.1) is 6.92 Å². The largest absolute Gasteiger partial charge is 0.493 e. The lowest BCUT2D eigenvalue weighted by Crippen LogP contribution is -2.02. The maximum Gasteiger partial charge on any atom is 0.161 e. The molecular weight excluding hydrogens is 330 g/mol. The second-order valence-corrected chi connectivity index (χ2v) is 5.65. The monoisotopic (exact) mass is 349 g/mol. The van der Waals surface area contributed by atoms with E-state index < -0.39 is 0 Å². The van der Waals surface area contributed by atoms with E-state index in [1.807, 2.05) is 31.2 Å². The van der Waals surface area contributed by atoms with E-state index in [4.69, 9.17) is 9.47 Å². The van der Waals surface area contributed by atoms with E-state index in [2.05, 4.69) is 40.3 Å². The van der Waals surface area contributed by atoms with Crippen LogP contribution in [0.2, 0.25) is 0 Å². The summed E-state index contributed by atoms with van der Waals surface area (Å²) in [4.78, 5) is 0. The molecule has 0 saturated heterocycles. The fraction of sp³-hybridized carbons (Fsp3) is 0.294. The number of hydrogen-bond donors (Lipinski definition) is 1. The first-order valence-electron chi connectivity index (χ1n) is 6.93. The molecule has 2 aromatic rings. The lowest BCUT2D eigenvalue weighted by atomic mass is 10.1. The highest BCUT2D eigenvalue weighted by molar-refractivity contribution is 9.10. The van der Waals surface area contributed by atoms with Crippen LogP contribution >= 0.6 is 15.9 Å². The summed E-state index contributed by atoms with van der Waals surface area (Å²) < 4.78 is 12.0. The van der Waals surface area contributed by atoms with Crippen molar-refractivity contribution in [3.63, 3.8) is 0 Å². The van der Waals surface area contributed by atoms with E-state index in [0.717, 1.165) is 33.8 Å². The van der Waals surface area contributed by atoms with E-state index >= 15 is 0 Å². The smallest absolute Gasteiger partial charge is 0.161 e. The Hall–Kier alpha value is -1.68. The van der Waals surface area contributed by atoms with Crippen LogP contribution < -0.4 is 14.8 Å². The zero-order valence-corrected chi connectivity index (χ0v) is 14.2. The van der Waals surface area contributed by atoms with Crippen LogP contribution in [0.5, 0.6) is 11.5 Å². The average Bonchev–Trinajstić information content (AvgIpc) is 2.49. The van der Waals surface area contributed by atoms with E-state index in [0.29, 0.717) is 6.61 Å². The molecule has 0 radical (unpaired) electrons. The van der Waals surface area contributed by atoms with Crippen molar-refractivity contribution in [1.29, 1.82) is 0 Å². The fourth-order valence-electron chi connectivity index (χ4n) is 2.08. The first kappa shape index (κ1) is 15.7. The van der Waals surface area contributed by atoms with E-state index in [1.54, 1.807) is 7.11 Å². The molecule has 21 heavy (non-hydrogen) atoms. The molecule has 0 heterocycles. The van der Waals surface area contributed by atoms with Crippen molar-refractivity contribution in [3.8, 4) is 11.5 Å². The van der Waals surface area contributed by atoms with Gasteiger partial charge >= 0.3 is 0 Å². The maximum atomic E-state index is 5.60. The average molecular weight is 350 g/mol. The van der Waals surface area contributed by atoms with E-state index in [-0.39, 0.29) is 0 Å². The summed E-state index contributed by atoms with van der Waals surface area (Å²) in [6.45, 7) is 5.42. The topological polar surface area (TPSA) is 30.5 Å². The van der Waals surface area contributed by atoms with Crippen molar-refractivity contribution in [2.45, 2.75) is 20.4 Å². The number of halogens is 1. The third kappa shape index (κ3) is 4.14. The van der Waals surface area contributed by atoms with Gasteiger partial charge in [-0.15, -0.1) is 0 Å². The van der Waals surface area contributed by atoms with Crippen molar-refractivity contribution in [1.82, 2.24) is 0 Å². The molecule has 4 heteroatoms. The molecule has 0 aliphatic heterocycles. The minimum Gasteiger partial charge on any atom is -0.493 e. The minimum atomic E-state index is 0.623. The highest BCUT2D eigenvalue weighted by Gasteiger charge is 2.06. The number of nitrogens with one attached hydrogen (secondary N) is 1.